The maximum absolute atomic E-state index is 13.3. The smallest absolute Gasteiger partial charge is 0.337 e. The van der Waals surface area contributed by atoms with Crippen LogP contribution in [0.4, 0.5) is 10.1 Å². The van der Waals surface area contributed by atoms with Crippen LogP contribution in [0.1, 0.15) is 0 Å². The molecule has 0 aromatic heterocycles. The molecule has 7 heteroatoms. The van der Waals surface area contributed by atoms with Gasteiger partial charge < -0.3 is 10.1 Å². The molecule has 0 spiro atoms. The lowest BCUT2D eigenvalue weighted by molar-refractivity contribution is 0.474. The molecule has 0 fully saturated rings. The van der Waals surface area contributed by atoms with Crippen molar-refractivity contribution in [3.05, 3.63) is 30.1 Å². The molecule has 1 unspecified atom stereocenters. The van der Waals surface area contributed by atoms with Gasteiger partial charge in [-0.3, -0.25) is 5.41 Å². The molecule has 0 bridgehead atoms. The summed E-state index contributed by atoms with van der Waals surface area (Å²) in [6.07, 6.45) is -0.836. The molecular weight excluding hydrogens is 225 g/mol. The van der Waals surface area contributed by atoms with Crippen LogP contribution in [0, 0.1) is 11.2 Å². The van der Waals surface area contributed by atoms with E-state index in [-0.39, 0.29) is 17.6 Å². The van der Waals surface area contributed by atoms with Gasteiger partial charge in [0, 0.05) is 7.05 Å². The number of azo groups is 1. The fraction of sp³-hybridized carbons (Fsp3) is 0.200. The van der Waals surface area contributed by atoms with Gasteiger partial charge >= 0.3 is 6.02 Å². The van der Waals surface area contributed by atoms with E-state index in [2.05, 4.69) is 20.5 Å². The standard InChI is InChI=1S/C10H10FN5O/c1-13-10-16-15-9(8(12)17-10)14-7-5-3-2-4-6(7)11/h2-5,9,12,14H,1H3. The Labute approximate surface area is 96.7 Å². The summed E-state index contributed by atoms with van der Waals surface area (Å²) in [6, 6.07) is 6.12. The lowest BCUT2D eigenvalue weighted by atomic mass is 10.3. The molecule has 2 rings (SSSR count). The van der Waals surface area contributed by atoms with E-state index in [1.54, 1.807) is 18.2 Å². The number of rotatable bonds is 2. The summed E-state index contributed by atoms with van der Waals surface area (Å²) in [5.74, 6) is -0.602. The van der Waals surface area contributed by atoms with Crippen molar-refractivity contribution < 1.29 is 9.13 Å². The highest BCUT2D eigenvalue weighted by Gasteiger charge is 2.23. The number of amidine groups is 1. The van der Waals surface area contributed by atoms with Crippen molar-refractivity contribution in [1.29, 1.82) is 5.41 Å². The van der Waals surface area contributed by atoms with Crippen molar-refractivity contribution in [1.82, 2.24) is 0 Å². The van der Waals surface area contributed by atoms with Gasteiger partial charge in [-0.2, -0.15) is 0 Å². The zero-order valence-corrected chi connectivity index (χ0v) is 9.01. The summed E-state index contributed by atoms with van der Waals surface area (Å²) in [5.41, 5.74) is 0.238. The normalized spacial score (nSPS) is 21.4. The van der Waals surface area contributed by atoms with Crippen molar-refractivity contribution in [3.63, 3.8) is 0 Å². The van der Waals surface area contributed by atoms with E-state index < -0.39 is 12.0 Å². The molecule has 6 nitrogen and oxygen atoms in total. The van der Waals surface area contributed by atoms with Crippen molar-refractivity contribution in [2.75, 3.05) is 12.4 Å². The van der Waals surface area contributed by atoms with Gasteiger partial charge in [0.2, 0.25) is 12.1 Å². The fourth-order valence-corrected chi connectivity index (χ4v) is 1.24. The van der Waals surface area contributed by atoms with Crippen LogP contribution in [0.2, 0.25) is 0 Å². The van der Waals surface area contributed by atoms with Crippen molar-refractivity contribution in [3.8, 4) is 0 Å². The van der Waals surface area contributed by atoms with E-state index in [1.165, 1.54) is 13.1 Å². The van der Waals surface area contributed by atoms with Crippen LogP contribution in [0.15, 0.2) is 39.5 Å². The average molecular weight is 235 g/mol. The second-order valence-corrected chi connectivity index (χ2v) is 3.21. The molecule has 1 aromatic carbocycles. The molecule has 88 valence electrons. The molecule has 0 radical (unpaired) electrons. The van der Waals surface area contributed by atoms with Crippen LogP contribution in [-0.2, 0) is 4.74 Å². The molecule has 17 heavy (non-hydrogen) atoms. The molecule has 0 saturated carbocycles. The van der Waals surface area contributed by atoms with E-state index in [0.717, 1.165) is 0 Å². The summed E-state index contributed by atoms with van der Waals surface area (Å²) in [4.78, 5) is 3.65. The highest BCUT2D eigenvalue weighted by Crippen LogP contribution is 2.16. The first-order valence-electron chi connectivity index (χ1n) is 4.85. The van der Waals surface area contributed by atoms with Gasteiger partial charge in [-0.15, -0.1) is 5.11 Å². The average Bonchev–Trinajstić information content (AvgIpc) is 2.34. The van der Waals surface area contributed by atoms with E-state index in [4.69, 9.17) is 10.1 Å². The Balaban J connectivity index is 2.16. The van der Waals surface area contributed by atoms with Crippen LogP contribution in [-0.4, -0.2) is 25.1 Å². The molecule has 1 aliphatic rings. The molecule has 2 N–H and O–H groups in total. The van der Waals surface area contributed by atoms with E-state index in [0.29, 0.717) is 0 Å². The number of halogens is 1. The summed E-state index contributed by atoms with van der Waals surface area (Å²) < 4.78 is 18.3. The van der Waals surface area contributed by atoms with Gasteiger partial charge in [-0.1, -0.05) is 17.2 Å². The number of nitrogens with zero attached hydrogens (tertiary/aromatic N) is 3. The van der Waals surface area contributed by atoms with Gasteiger partial charge in [-0.05, 0) is 12.1 Å². The molecule has 1 aromatic rings. The Morgan fingerprint density at radius 1 is 1.47 bits per heavy atom. The van der Waals surface area contributed by atoms with Crippen LogP contribution < -0.4 is 5.32 Å². The maximum atomic E-state index is 13.3. The third kappa shape index (κ3) is 2.44. The Bertz CT molecular complexity index is 499. The van der Waals surface area contributed by atoms with Gasteiger partial charge in [0.15, 0.2) is 0 Å². The molecule has 1 heterocycles. The Morgan fingerprint density at radius 2 is 2.24 bits per heavy atom. The van der Waals surface area contributed by atoms with Crippen LogP contribution in [0.3, 0.4) is 0 Å². The number of ether oxygens (including phenoxy) is 1. The number of hydrogen-bond donors (Lipinski definition) is 2. The van der Waals surface area contributed by atoms with E-state index >= 15 is 0 Å². The lowest BCUT2D eigenvalue weighted by Crippen LogP contribution is -2.33. The summed E-state index contributed by atoms with van der Waals surface area (Å²) in [7, 11) is 1.48. The molecule has 0 aliphatic carbocycles. The van der Waals surface area contributed by atoms with Gasteiger partial charge in [0.05, 0.1) is 5.69 Å². The van der Waals surface area contributed by atoms with E-state index in [9.17, 15) is 4.39 Å². The molecule has 0 amide bonds. The van der Waals surface area contributed by atoms with Crippen molar-refractivity contribution in [2.45, 2.75) is 6.17 Å². The number of para-hydroxylation sites is 1. The largest absolute Gasteiger partial charge is 0.405 e. The molecular formula is C10H10FN5O. The topological polar surface area (TPSA) is 82.2 Å². The Hall–Kier alpha value is -2.31. The second kappa shape index (κ2) is 4.69. The zero-order valence-electron chi connectivity index (χ0n) is 9.01. The number of hydrogen-bond acceptors (Lipinski definition) is 5. The van der Waals surface area contributed by atoms with Gasteiger partial charge in [0.25, 0.3) is 0 Å². The quantitative estimate of drug-likeness (QED) is 0.821. The van der Waals surface area contributed by atoms with Crippen LogP contribution in [0.5, 0.6) is 0 Å². The second-order valence-electron chi connectivity index (χ2n) is 3.21. The minimum Gasteiger partial charge on any atom is -0.405 e. The maximum Gasteiger partial charge on any atom is 0.337 e. The predicted molar refractivity (Wildman–Crippen MR) is 60.8 cm³/mol. The third-order valence-electron chi connectivity index (χ3n) is 2.07. The van der Waals surface area contributed by atoms with Gasteiger partial charge in [0.1, 0.15) is 5.82 Å². The Kier molecular flexibility index (Phi) is 3.08. The monoisotopic (exact) mass is 235 g/mol. The number of aliphatic imine (C=N–C) groups is 1. The molecule has 0 saturated heterocycles. The summed E-state index contributed by atoms with van der Waals surface area (Å²) >= 11 is 0. The molecule has 1 aliphatic heterocycles. The first kappa shape index (κ1) is 11.2. The van der Waals surface area contributed by atoms with E-state index in [1.807, 2.05) is 0 Å². The fourth-order valence-electron chi connectivity index (χ4n) is 1.24. The minimum absolute atomic E-state index is 0.0154. The predicted octanol–water partition coefficient (Wildman–Crippen LogP) is 2.01. The number of benzene rings is 1. The summed E-state index contributed by atoms with van der Waals surface area (Å²) in [6.45, 7) is 0. The van der Waals surface area contributed by atoms with Gasteiger partial charge in [-0.25, -0.2) is 9.38 Å². The minimum atomic E-state index is -0.836. The first-order valence-corrected chi connectivity index (χ1v) is 4.85. The van der Waals surface area contributed by atoms with Crippen LogP contribution >= 0.6 is 0 Å². The first-order chi connectivity index (χ1) is 8.20. The van der Waals surface area contributed by atoms with Crippen molar-refractivity contribution in [2.24, 2.45) is 15.2 Å². The highest BCUT2D eigenvalue weighted by molar-refractivity contribution is 5.94. The highest BCUT2D eigenvalue weighted by atomic mass is 19.1. The SMILES string of the molecule is CN=C1N=NC(Nc2ccccc2F)C(=N)O1. The molecule has 1 atom stereocenters. The Morgan fingerprint density at radius 3 is 2.88 bits per heavy atom. The zero-order chi connectivity index (χ0) is 12.3. The number of nitrogens with one attached hydrogen (secondary N) is 2. The summed E-state index contributed by atoms with van der Waals surface area (Å²) in [5, 5.41) is 17.7. The third-order valence-corrected chi connectivity index (χ3v) is 2.07. The van der Waals surface area contributed by atoms with Crippen molar-refractivity contribution >= 4 is 17.6 Å². The van der Waals surface area contributed by atoms with Crippen LogP contribution in [0.25, 0.3) is 0 Å². The number of anilines is 1. The lowest BCUT2D eigenvalue weighted by Gasteiger charge is -2.18.